The first kappa shape index (κ1) is 26.7. The van der Waals surface area contributed by atoms with E-state index in [4.69, 9.17) is 9.47 Å². The van der Waals surface area contributed by atoms with E-state index in [0.29, 0.717) is 29.9 Å². The van der Waals surface area contributed by atoms with Gasteiger partial charge in [-0.3, -0.25) is 19.4 Å². The Bertz CT molecular complexity index is 1500. The molecule has 0 bridgehead atoms. The third-order valence-electron chi connectivity index (χ3n) is 7.17. The highest BCUT2D eigenvalue weighted by Crippen LogP contribution is 2.27. The molecule has 1 aliphatic heterocycles. The molecule has 39 heavy (non-hydrogen) atoms. The Kier molecular flexibility index (Phi) is 7.85. The average molecular weight is 549 g/mol. The topological polar surface area (TPSA) is 101 Å². The lowest BCUT2D eigenvalue weighted by Gasteiger charge is -2.37. The molecule has 3 aromatic rings. The Hall–Kier alpha value is -3.89. The van der Waals surface area contributed by atoms with Crippen LogP contribution in [0.4, 0.5) is 5.69 Å². The lowest BCUT2D eigenvalue weighted by Crippen LogP contribution is -2.50. The van der Waals surface area contributed by atoms with Gasteiger partial charge in [-0.2, -0.15) is 0 Å². The summed E-state index contributed by atoms with van der Waals surface area (Å²) < 4.78 is 39.7. The zero-order chi connectivity index (χ0) is 27.4. The number of aromatic nitrogens is 1. The number of hydrogen-bond donors (Lipinski definition) is 1. The number of carbonyl (C=O) groups is 1. The number of para-hydroxylation sites is 1. The van der Waals surface area contributed by atoms with Gasteiger partial charge in [-0.15, -0.1) is 0 Å². The second kappa shape index (κ2) is 11.5. The van der Waals surface area contributed by atoms with Crippen LogP contribution < -0.4 is 4.72 Å². The fourth-order valence-electron chi connectivity index (χ4n) is 5.04. The Labute approximate surface area is 228 Å². The third-order valence-corrected chi connectivity index (χ3v) is 8.58. The number of hydrogen-bond acceptors (Lipinski definition) is 7. The van der Waals surface area contributed by atoms with Gasteiger partial charge >= 0.3 is 0 Å². The Morgan fingerprint density at radius 2 is 1.74 bits per heavy atom. The summed E-state index contributed by atoms with van der Waals surface area (Å²) in [5.74, 6) is 1.94. The second-order valence-electron chi connectivity index (χ2n) is 9.60. The minimum Gasteiger partial charge on any atom is -0.501 e. The number of pyridine rings is 1. The molecular formula is C29H32N4O5S. The molecule has 1 atom stereocenters. The highest BCUT2D eigenvalue weighted by Gasteiger charge is 2.27. The van der Waals surface area contributed by atoms with E-state index in [9.17, 15) is 13.2 Å². The molecular weight excluding hydrogens is 516 g/mol. The summed E-state index contributed by atoms with van der Waals surface area (Å²) in [7, 11) is -0.519. The third kappa shape index (κ3) is 5.91. The van der Waals surface area contributed by atoms with E-state index in [1.165, 1.54) is 6.07 Å². The molecule has 1 fully saturated rings. The summed E-state index contributed by atoms with van der Waals surface area (Å²) in [6, 6.07) is 15.2. The van der Waals surface area contributed by atoms with Gasteiger partial charge in [0.05, 0.1) is 19.7 Å². The van der Waals surface area contributed by atoms with Gasteiger partial charge < -0.3 is 14.4 Å². The van der Waals surface area contributed by atoms with Gasteiger partial charge in [0.2, 0.25) is 0 Å². The fourth-order valence-corrected chi connectivity index (χ4v) is 6.27. The molecule has 1 amide bonds. The minimum atomic E-state index is -3.86. The molecule has 9 nitrogen and oxygen atoms in total. The van der Waals surface area contributed by atoms with Crippen molar-refractivity contribution in [2.75, 3.05) is 51.7 Å². The van der Waals surface area contributed by atoms with E-state index in [1.54, 1.807) is 56.8 Å². The summed E-state index contributed by atoms with van der Waals surface area (Å²) in [5, 5.41) is 0.743. The van der Waals surface area contributed by atoms with E-state index in [-0.39, 0.29) is 16.7 Å². The number of fused-ring (bicyclic) bond motifs is 1. The molecule has 204 valence electrons. The van der Waals surface area contributed by atoms with Gasteiger partial charge in [0.25, 0.3) is 15.9 Å². The van der Waals surface area contributed by atoms with Crippen molar-refractivity contribution in [2.24, 2.45) is 5.92 Å². The molecule has 0 radical (unpaired) electrons. The van der Waals surface area contributed by atoms with Crippen LogP contribution in [0.25, 0.3) is 10.9 Å². The molecule has 5 rings (SSSR count). The van der Waals surface area contributed by atoms with E-state index in [0.717, 1.165) is 43.0 Å². The van der Waals surface area contributed by atoms with Crippen LogP contribution in [-0.4, -0.2) is 76.1 Å². The highest BCUT2D eigenvalue weighted by atomic mass is 32.2. The molecule has 1 unspecified atom stereocenters. The van der Waals surface area contributed by atoms with Crippen LogP contribution in [0.5, 0.6) is 0 Å². The van der Waals surface area contributed by atoms with E-state index in [2.05, 4.69) is 20.7 Å². The normalized spacial score (nSPS) is 18.3. The standard InChI is InChI=1S/C29H32N4O5S/c1-37-25-13-10-23(26(19-25)38-2)20-32-15-17-33(18-16-32)29(34)22-8-11-24(12-9-22)31-39(35,36)27-7-3-5-21-6-4-14-30-28(21)27/h3-9,11-14,19,23,31H,10,15-18,20H2,1-2H3. The monoisotopic (exact) mass is 548 g/mol. The fraction of sp³-hybridized carbons (Fsp3) is 0.310. The van der Waals surface area contributed by atoms with Crippen molar-refractivity contribution in [3.63, 3.8) is 0 Å². The highest BCUT2D eigenvalue weighted by molar-refractivity contribution is 7.93. The van der Waals surface area contributed by atoms with Crippen LogP contribution in [0.15, 0.2) is 89.4 Å². The molecule has 1 aliphatic carbocycles. The number of piperazine rings is 1. The van der Waals surface area contributed by atoms with Gasteiger partial charge in [-0.25, -0.2) is 8.42 Å². The van der Waals surface area contributed by atoms with Crippen LogP contribution >= 0.6 is 0 Å². The summed E-state index contributed by atoms with van der Waals surface area (Å²) in [6.07, 6.45) is 6.45. The molecule has 1 saturated heterocycles. The van der Waals surface area contributed by atoms with Crippen LogP contribution in [-0.2, 0) is 19.5 Å². The number of anilines is 1. The van der Waals surface area contributed by atoms with Crippen LogP contribution in [0, 0.1) is 5.92 Å². The van der Waals surface area contributed by atoms with Gasteiger partial charge in [-0.1, -0.05) is 18.2 Å². The van der Waals surface area contributed by atoms with Crippen molar-refractivity contribution in [3.05, 3.63) is 90.0 Å². The van der Waals surface area contributed by atoms with Crippen molar-refractivity contribution < 1.29 is 22.7 Å². The number of nitrogens with one attached hydrogen (secondary N) is 1. The van der Waals surface area contributed by atoms with Crippen molar-refractivity contribution >= 4 is 32.5 Å². The SMILES string of the molecule is COC1=CCC(CN2CCN(C(=O)c3ccc(NS(=O)(=O)c4cccc5cccnc45)cc3)CC2)C(OC)=C1. The van der Waals surface area contributed by atoms with Crippen molar-refractivity contribution in [2.45, 2.75) is 11.3 Å². The van der Waals surface area contributed by atoms with Gasteiger partial charge in [0, 0.05) is 67.6 Å². The smallest absolute Gasteiger partial charge is 0.264 e. The molecule has 2 aromatic carbocycles. The largest absolute Gasteiger partial charge is 0.501 e. The number of ether oxygens (including phenoxy) is 2. The average Bonchev–Trinajstić information content (AvgIpc) is 2.97. The molecule has 0 saturated carbocycles. The van der Waals surface area contributed by atoms with Crippen LogP contribution in [0.2, 0.25) is 0 Å². The number of allylic oxidation sites excluding steroid dienone is 2. The lowest BCUT2D eigenvalue weighted by molar-refractivity contribution is 0.0608. The van der Waals surface area contributed by atoms with E-state index in [1.807, 2.05) is 23.1 Å². The quantitative estimate of drug-likeness (QED) is 0.456. The number of amides is 1. The maximum atomic E-state index is 13.1. The van der Waals surface area contributed by atoms with Gasteiger partial charge in [-0.05, 0) is 48.9 Å². The van der Waals surface area contributed by atoms with Crippen LogP contribution in [0.3, 0.4) is 0 Å². The number of sulfonamides is 1. The molecule has 0 spiro atoms. The second-order valence-corrected chi connectivity index (χ2v) is 11.3. The lowest BCUT2D eigenvalue weighted by atomic mass is 9.96. The summed E-state index contributed by atoms with van der Waals surface area (Å²) >= 11 is 0. The summed E-state index contributed by atoms with van der Waals surface area (Å²) in [4.78, 5) is 21.7. The van der Waals surface area contributed by atoms with Crippen LogP contribution in [0.1, 0.15) is 16.8 Å². The van der Waals surface area contributed by atoms with Gasteiger partial charge in [0.1, 0.15) is 16.4 Å². The molecule has 2 heterocycles. The first-order valence-electron chi connectivity index (χ1n) is 12.9. The number of methoxy groups -OCH3 is 2. The Morgan fingerprint density at radius 3 is 2.46 bits per heavy atom. The van der Waals surface area contributed by atoms with Gasteiger partial charge in [0.15, 0.2) is 0 Å². The first-order valence-corrected chi connectivity index (χ1v) is 14.3. The molecule has 10 heteroatoms. The minimum absolute atomic E-state index is 0.0647. The van der Waals surface area contributed by atoms with Crippen molar-refractivity contribution in [1.82, 2.24) is 14.8 Å². The van der Waals surface area contributed by atoms with Crippen molar-refractivity contribution in [1.29, 1.82) is 0 Å². The maximum Gasteiger partial charge on any atom is 0.264 e. The summed E-state index contributed by atoms with van der Waals surface area (Å²) in [6.45, 7) is 3.66. The number of carbonyl (C=O) groups excluding carboxylic acids is 1. The summed E-state index contributed by atoms with van der Waals surface area (Å²) in [5.41, 5.74) is 1.31. The van der Waals surface area contributed by atoms with E-state index >= 15 is 0 Å². The predicted molar refractivity (Wildman–Crippen MR) is 150 cm³/mol. The Balaban J connectivity index is 1.18. The maximum absolute atomic E-state index is 13.1. The number of benzene rings is 2. The zero-order valence-electron chi connectivity index (χ0n) is 22.0. The molecule has 1 aromatic heterocycles. The van der Waals surface area contributed by atoms with E-state index < -0.39 is 10.0 Å². The van der Waals surface area contributed by atoms with Crippen molar-refractivity contribution in [3.8, 4) is 0 Å². The number of rotatable bonds is 8. The zero-order valence-corrected chi connectivity index (χ0v) is 22.9. The number of nitrogens with zero attached hydrogens (tertiary/aromatic N) is 3. The molecule has 1 N–H and O–H groups in total. The molecule has 2 aliphatic rings. The predicted octanol–water partition coefficient (Wildman–Crippen LogP) is 3.87. The first-order chi connectivity index (χ1) is 18.9. The Morgan fingerprint density at radius 1 is 1.00 bits per heavy atom.